The smallest absolute Gasteiger partial charge is 0.549 e. The van der Waals surface area contributed by atoms with Crippen LogP contribution in [0.3, 0.4) is 0 Å². The third-order valence-corrected chi connectivity index (χ3v) is 5.59. The fraction of sp³-hybridized carbons (Fsp3) is 0.917. The molecule has 168 valence electrons. The van der Waals surface area contributed by atoms with Gasteiger partial charge in [-0.2, -0.15) is 43.8 Å². The molecule has 1 atom stereocenters. The molecule has 17 heteroatoms. The monoisotopic (exact) mass is 497 g/mol. The summed E-state index contributed by atoms with van der Waals surface area (Å²) in [6.45, 7) is -0.805. The Hall–Kier alpha value is 0.316. The molecule has 0 aromatic carbocycles. The average Bonchev–Trinajstić information content (AvgIpc) is 2.44. The van der Waals surface area contributed by atoms with Gasteiger partial charge in [0.05, 0.1) is 24.2 Å². The van der Waals surface area contributed by atoms with Gasteiger partial charge in [0.25, 0.3) is 5.67 Å². The van der Waals surface area contributed by atoms with E-state index in [1.807, 2.05) is 0 Å². The number of halogens is 10. The van der Waals surface area contributed by atoms with E-state index in [0.717, 1.165) is 6.92 Å². The number of alkyl halides is 10. The minimum Gasteiger partial charge on any atom is -0.549 e. The second-order valence-corrected chi connectivity index (χ2v) is 7.73. The van der Waals surface area contributed by atoms with Gasteiger partial charge in [0.15, 0.2) is 0 Å². The van der Waals surface area contributed by atoms with Crippen LogP contribution in [0.4, 0.5) is 43.9 Å². The largest absolute Gasteiger partial charge is 1.00 e. The van der Waals surface area contributed by atoms with E-state index in [1.54, 1.807) is 0 Å². The number of hydrogen-bond donors (Lipinski definition) is 0. The van der Waals surface area contributed by atoms with Crippen LogP contribution >= 0.6 is 0 Å². The normalized spacial score (nSPS) is 15.2. The molecule has 0 fully saturated rings. The zero-order valence-corrected chi connectivity index (χ0v) is 18.8. The summed E-state index contributed by atoms with van der Waals surface area (Å²) in [5.74, 6) is -7.24. The van der Waals surface area contributed by atoms with Crippen molar-refractivity contribution in [1.82, 2.24) is 4.31 Å². The molecule has 0 aliphatic heterocycles. The van der Waals surface area contributed by atoms with Gasteiger partial charge in [0.1, 0.15) is 0 Å². The van der Waals surface area contributed by atoms with E-state index in [1.165, 1.54) is 0 Å². The second kappa shape index (κ2) is 10.8. The van der Waals surface area contributed by atoms with Gasteiger partial charge in [-0.25, -0.2) is 12.8 Å². The molecule has 0 heterocycles. The van der Waals surface area contributed by atoms with Crippen molar-refractivity contribution in [2.75, 3.05) is 18.8 Å². The van der Waals surface area contributed by atoms with Crippen molar-refractivity contribution >= 4 is 16.0 Å². The zero-order chi connectivity index (χ0) is 22.8. The summed E-state index contributed by atoms with van der Waals surface area (Å²) in [7, 11) is -4.82. The second-order valence-electron chi connectivity index (χ2n) is 5.64. The van der Waals surface area contributed by atoms with E-state index in [2.05, 4.69) is 0 Å². The first kappa shape index (κ1) is 31.5. The van der Waals surface area contributed by atoms with Gasteiger partial charge in [-0.3, -0.25) is 0 Å². The standard InChI is InChI=1S/C12H15F10NO4S.K/c1-2-23(6-8(24)25)28(26,27)4-3-7(10(14,15)16)5-9(13,11(17,18)19)12(20,21)22;/h7H,2-6H2,1H3,(H,24,25);/q;+1/p-1. The number of sulfonamides is 1. The third kappa shape index (κ3) is 8.76. The maximum Gasteiger partial charge on any atom is 1.00 e. The van der Waals surface area contributed by atoms with Crippen LogP contribution in [0.2, 0.25) is 0 Å². The molecule has 0 rings (SSSR count). The van der Waals surface area contributed by atoms with E-state index < -0.39 is 77.8 Å². The Morgan fingerprint density at radius 2 is 1.38 bits per heavy atom. The molecule has 0 N–H and O–H groups in total. The fourth-order valence-corrected chi connectivity index (χ4v) is 3.62. The van der Waals surface area contributed by atoms with Crippen LogP contribution in [0.5, 0.6) is 0 Å². The van der Waals surface area contributed by atoms with Gasteiger partial charge in [-0.05, 0) is 6.42 Å². The first-order valence-corrected chi connectivity index (χ1v) is 8.86. The van der Waals surface area contributed by atoms with Gasteiger partial charge >= 0.3 is 69.9 Å². The Kier molecular flexibility index (Phi) is 11.7. The zero-order valence-electron chi connectivity index (χ0n) is 14.9. The fourth-order valence-electron chi connectivity index (χ4n) is 2.08. The number of carbonyl (C=O) groups excluding carboxylic acids is 1. The minimum absolute atomic E-state index is 0. The van der Waals surface area contributed by atoms with Gasteiger partial charge < -0.3 is 9.90 Å². The van der Waals surface area contributed by atoms with Crippen LogP contribution < -0.4 is 56.5 Å². The molecular weight excluding hydrogens is 483 g/mol. The SMILES string of the molecule is CCN(CC(=O)[O-])S(=O)(=O)CCC(CC(F)(C(F)(F)F)C(F)(F)F)C(F)(F)F.[K+]. The number of hydrogen-bond acceptors (Lipinski definition) is 4. The Morgan fingerprint density at radius 1 is 0.966 bits per heavy atom. The Labute approximate surface area is 201 Å². The van der Waals surface area contributed by atoms with E-state index in [-0.39, 0.29) is 55.7 Å². The average molecular weight is 497 g/mol. The minimum atomic E-state index is -6.74. The van der Waals surface area contributed by atoms with Crippen molar-refractivity contribution in [2.24, 2.45) is 5.92 Å². The molecule has 29 heavy (non-hydrogen) atoms. The first-order valence-electron chi connectivity index (χ1n) is 7.25. The summed E-state index contributed by atoms with van der Waals surface area (Å²) in [6.07, 6.45) is -24.3. The van der Waals surface area contributed by atoms with Crippen LogP contribution in [-0.4, -0.2) is 61.7 Å². The van der Waals surface area contributed by atoms with E-state index >= 15 is 0 Å². The summed E-state index contributed by atoms with van der Waals surface area (Å²) in [5, 5.41) is 10.4. The number of carboxylic acids is 1. The van der Waals surface area contributed by atoms with E-state index in [9.17, 15) is 62.2 Å². The molecule has 5 nitrogen and oxygen atoms in total. The van der Waals surface area contributed by atoms with E-state index in [4.69, 9.17) is 0 Å². The molecule has 0 aromatic rings. The number of aliphatic carboxylic acids is 1. The maximum absolute atomic E-state index is 13.6. The predicted molar refractivity (Wildman–Crippen MR) is 70.8 cm³/mol. The molecule has 1 unspecified atom stereocenters. The quantitative estimate of drug-likeness (QED) is 0.308. The summed E-state index contributed by atoms with van der Waals surface area (Å²) in [4.78, 5) is 10.4. The Morgan fingerprint density at radius 3 is 1.66 bits per heavy atom. The summed E-state index contributed by atoms with van der Waals surface area (Å²) in [5.41, 5.74) is -6.22. The molecule has 0 spiro atoms. The van der Waals surface area contributed by atoms with Crippen LogP contribution in [0.1, 0.15) is 19.8 Å². The summed E-state index contributed by atoms with van der Waals surface area (Å²) in [6, 6.07) is 0. The molecule has 0 saturated carbocycles. The van der Waals surface area contributed by atoms with Gasteiger partial charge in [0.2, 0.25) is 10.0 Å². The maximum atomic E-state index is 13.6. The van der Waals surface area contributed by atoms with Crippen LogP contribution in [0, 0.1) is 5.92 Å². The van der Waals surface area contributed by atoms with E-state index in [0.29, 0.717) is 0 Å². The van der Waals surface area contributed by atoms with Crippen molar-refractivity contribution in [3.63, 3.8) is 0 Å². The molecule has 0 aliphatic carbocycles. The number of carboxylic acid groups (broad SMARTS) is 1. The molecule has 0 aliphatic rings. The summed E-state index contributed by atoms with van der Waals surface area (Å²) < 4.78 is 151. The van der Waals surface area contributed by atoms with Crippen molar-refractivity contribution < 1.29 is 114 Å². The van der Waals surface area contributed by atoms with Crippen molar-refractivity contribution in [2.45, 2.75) is 44.0 Å². The topological polar surface area (TPSA) is 77.5 Å². The predicted octanol–water partition coefficient (Wildman–Crippen LogP) is -0.816. The Balaban J connectivity index is 0. The molecular formula is C12H14F10KNO4S. The Bertz CT molecular complexity index is 633. The number of rotatable bonds is 9. The first-order chi connectivity index (χ1) is 12.2. The third-order valence-electron chi connectivity index (χ3n) is 3.67. The molecule has 0 radical (unpaired) electrons. The molecule has 0 aromatic heterocycles. The van der Waals surface area contributed by atoms with Gasteiger partial charge in [-0.1, -0.05) is 6.92 Å². The molecule has 0 amide bonds. The van der Waals surface area contributed by atoms with Crippen molar-refractivity contribution in [3.05, 3.63) is 0 Å². The van der Waals surface area contributed by atoms with Gasteiger partial charge in [-0.15, -0.1) is 0 Å². The van der Waals surface area contributed by atoms with Crippen LogP contribution in [0.15, 0.2) is 0 Å². The van der Waals surface area contributed by atoms with Crippen molar-refractivity contribution in [1.29, 1.82) is 0 Å². The van der Waals surface area contributed by atoms with Crippen molar-refractivity contribution in [3.8, 4) is 0 Å². The molecule has 0 bridgehead atoms. The van der Waals surface area contributed by atoms with Crippen LogP contribution in [-0.2, 0) is 14.8 Å². The van der Waals surface area contributed by atoms with Crippen LogP contribution in [0.25, 0.3) is 0 Å². The number of likely N-dealkylation sites (N-methyl/N-ethyl adjacent to an activating group) is 1. The number of carbonyl (C=O) groups is 1. The molecule has 0 saturated heterocycles. The number of nitrogens with zero attached hydrogens (tertiary/aromatic N) is 1. The van der Waals surface area contributed by atoms with Gasteiger partial charge in [0, 0.05) is 13.0 Å². The summed E-state index contributed by atoms with van der Waals surface area (Å²) >= 11 is 0.